The first kappa shape index (κ1) is 16.8. The van der Waals surface area contributed by atoms with Crippen LogP contribution < -0.4 is 5.73 Å². The number of carbonyl (C=O) groups excluding carboxylic acids is 1. The topological polar surface area (TPSA) is 57.2 Å². The van der Waals surface area contributed by atoms with Gasteiger partial charge < -0.3 is 11.1 Å². The fraction of sp³-hybridized carbons (Fsp3) is 0.462. The number of primary amides is 1. The molecule has 3 nitrogen and oxygen atoms in total. The van der Waals surface area contributed by atoms with Crippen LogP contribution in [0.15, 0.2) is 30.3 Å². The Labute approximate surface area is 128 Å². The van der Waals surface area contributed by atoms with Gasteiger partial charge in [-0.25, -0.2) is 0 Å². The molecule has 4 heteroatoms. The summed E-state index contributed by atoms with van der Waals surface area (Å²) in [5.41, 5.74) is 6.20. The number of hydrogen-bond donors (Lipinski definition) is 1. The summed E-state index contributed by atoms with van der Waals surface area (Å²) < 4.78 is 0. The van der Waals surface area contributed by atoms with E-state index in [9.17, 15) is 4.79 Å². The molecule has 0 saturated heterocycles. The van der Waals surface area contributed by atoms with Crippen molar-refractivity contribution >= 4 is 5.91 Å². The Morgan fingerprint density at radius 1 is 1.29 bits per heavy atom. The summed E-state index contributed by atoms with van der Waals surface area (Å²) in [6.45, 7) is 5.90. The van der Waals surface area contributed by atoms with Crippen LogP contribution in [0.25, 0.3) is 5.32 Å². The van der Waals surface area contributed by atoms with E-state index in [-0.39, 0.29) is 44.2 Å². The van der Waals surface area contributed by atoms with Gasteiger partial charge in [0.05, 0.1) is 0 Å². The van der Waals surface area contributed by atoms with Crippen molar-refractivity contribution in [3.05, 3.63) is 41.2 Å². The van der Waals surface area contributed by atoms with Gasteiger partial charge >= 0.3 is 0 Å². The minimum Gasteiger partial charge on any atom is -0.647 e. The van der Waals surface area contributed by atoms with Crippen molar-refractivity contribution in [2.24, 2.45) is 5.73 Å². The smallest absolute Gasteiger partial charge is 0.200 e. The monoisotopic (exact) mass is 308 g/mol. The van der Waals surface area contributed by atoms with Crippen molar-refractivity contribution in [1.82, 2.24) is 0 Å². The first-order chi connectivity index (χ1) is 7.38. The molecule has 2 N–H and O–H groups in total. The Bertz CT molecular complexity index is 346. The van der Waals surface area contributed by atoms with Crippen LogP contribution in [0.1, 0.15) is 26.3 Å². The van der Waals surface area contributed by atoms with Gasteiger partial charge in [0.2, 0.25) is 0 Å². The van der Waals surface area contributed by atoms with Crippen molar-refractivity contribution in [1.29, 1.82) is 0 Å². The summed E-state index contributed by atoms with van der Waals surface area (Å²) in [4.78, 5) is 11.3. The predicted molar refractivity (Wildman–Crippen MR) is 66.2 cm³/mol. The van der Waals surface area contributed by atoms with E-state index >= 15 is 0 Å². The molecule has 0 heterocycles. The molecule has 0 bridgehead atoms. The molecular formula is C13H19N2OY-. The SMILES string of the molecule is CC(C)(C)[N-]C(Cc1ccccc1)C(N)=O.[Y]. The summed E-state index contributed by atoms with van der Waals surface area (Å²) in [7, 11) is 0. The van der Waals surface area contributed by atoms with E-state index in [1.807, 2.05) is 51.1 Å². The molecule has 1 rings (SSSR count). The minimum atomic E-state index is -0.442. The van der Waals surface area contributed by atoms with Crippen LogP contribution in [0.4, 0.5) is 0 Å². The molecule has 0 aliphatic rings. The molecule has 1 unspecified atom stereocenters. The van der Waals surface area contributed by atoms with E-state index in [0.29, 0.717) is 6.42 Å². The average molecular weight is 308 g/mol. The van der Waals surface area contributed by atoms with E-state index in [1.54, 1.807) is 0 Å². The largest absolute Gasteiger partial charge is 0.647 e. The average Bonchev–Trinajstić information content (AvgIpc) is 2.16. The Hall–Kier alpha value is -0.246. The van der Waals surface area contributed by atoms with Gasteiger partial charge in [-0.3, -0.25) is 4.79 Å². The maximum absolute atomic E-state index is 11.3. The van der Waals surface area contributed by atoms with Gasteiger partial charge in [-0.2, -0.15) is 0 Å². The maximum Gasteiger partial charge on any atom is 0.200 e. The molecule has 1 atom stereocenters. The fourth-order valence-corrected chi connectivity index (χ4v) is 1.51. The predicted octanol–water partition coefficient (Wildman–Crippen LogP) is 2.25. The molecule has 0 saturated carbocycles. The van der Waals surface area contributed by atoms with Gasteiger partial charge in [0, 0.05) is 32.7 Å². The number of hydrogen-bond acceptors (Lipinski definition) is 1. The number of benzene rings is 1. The van der Waals surface area contributed by atoms with Gasteiger partial charge in [0.15, 0.2) is 5.91 Å². The second-order valence-electron chi connectivity index (χ2n) is 4.91. The third-order valence-corrected chi connectivity index (χ3v) is 2.14. The number of nitrogens with two attached hydrogens (primary N) is 1. The van der Waals surface area contributed by atoms with E-state index in [2.05, 4.69) is 5.32 Å². The number of rotatable bonds is 4. The standard InChI is InChI=1S/C13H19N2O.Y/c1-13(2,3)15-11(12(14)16)9-10-7-5-4-6-8-10;/h4-8,11H,9H2,1-3H3,(H2,14,16);/q-1;. The first-order valence-electron chi connectivity index (χ1n) is 5.44. The zero-order chi connectivity index (χ0) is 12.2. The van der Waals surface area contributed by atoms with E-state index < -0.39 is 6.04 Å². The van der Waals surface area contributed by atoms with Gasteiger partial charge in [-0.05, 0) is 12.0 Å². The van der Waals surface area contributed by atoms with Gasteiger partial charge in [-0.1, -0.05) is 57.1 Å². The second-order valence-corrected chi connectivity index (χ2v) is 4.91. The molecule has 1 aromatic rings. The summed E-state index contributed by atoms with van der Waals surface area (Å²) in [6.07, 6.45) is 0.577. The molecule has 0 aromatic heterocycles. The molecule has 1 radical (unpaired) electrons. The normalized spacial score (nSPS) is 12.6. The van der Waals surface area contributed by atoms with Crippen molar-refractivity contribution in [3.8, 4) is 0 Å². The van der Waals surface area contributed by atoms with Crippen molar-refractivity contribution < 1.29 is 37.5 Å². The van der Waals surface area contributed by atoms with Crippen LogP contribution >= 0.6 is 0 Å². The maximum atomic E-state index is 11.3. The second kappa shape index (κ2) is 7.25. The zero-order valence-corrected chi connectivity index (χ0v) is 13.5. The summed E-state index contributed by atoms with van der Waals surface area (Å²) in [5, 5.41) is 4.43. The van der Waals surface area contributed by atoms with Gasteiger partial charge in [0.1, 0.15) is 0 Å². The van der Waals surface area contributed by atoms with Crippen molar-refractivity contribution in [2.75, 3.05) is 0 Å². The zero-order valence-electron chi connectivity index (χ0n) is 10.7. The molecule has 0 aliphatic heterocycles. The fourth-order valence-electron chi connectivity index (χ4n) is 1.51. The van der Waals surface area contributed by atoms with E-state index in [4.69, 9.17) is 5.73 Å². The van der Waals surface area contributed by atoms with Gasteiger partial charge in [-0.15, -0.1) is 5.54 Å². The van der Waals surface area contributed by atoms with Crippen molar-refractivity contribution in [3.63, 3.8) is 0 Å². The first-order valence-corrected chi connectivity index (χ1v) is 5.44. The van der Waals surface area contributed by atoms with Crippen LogP contribution in [0.5, 0.6) is 0 Å². The quantitative estimate of drug-likeness (QED) is 0.911. The third-order valence-electron chi connectivity index (χ3n) is 2.14. The number of nitrogens with zero attached hydrogens (tertiary/aromatic N) is 1. The molecule has 1 amide bonds. The van der Waals surface area contributed by atoms with Gasteiger partial charge in [0.25, 0.3) is 0 Å². The molecule has 91 valence electrons. The summed E-state index contributed by atoms with van der Waals surface area (Å²) in [5.74, 6) is -0.362. The Morgan fingerprint density at radius 3 is 2.24 bits per heavy atom. The van der Waals surface area contributed by atoms with Crippen LogP contribution in [-0.4, -0.2) is 17.5 Å². The van der Waals surface area contributed by atoms with Crippen LogP contribution in [-0.2, 0) is 43.9 Å². The molecule has 17 heavy (non-hydrogen) atoms. The molecular weight excluding hydrogens is 289 g/mol. The van der Waals surface area contributed by atoms with Crippen LogP contribution in [0.3, 0.4) is 0 Å². The molecule has 0 aliphatic carbocycles. The summed E-state index contributed by atoms with van der Waals surface area (Å²) in [6, 6.07) is 9.36. The number of carbonyl (C=O) groups is 1. The Morgan fingerprint density at radius 2 is 1.82 bits per heavy atom. The van der Waals surface area contributed by atoms with Crippen LogP contribution in [0, 0.1) is 0 Å². The number of amides is 1. The molecule has 0 fully saturated rings. The third kappa shape index (κ3) is 6.92. The molecule has 1 aromatic carbocycles. The summed E-state index contributed by atoms with van der Waals surface area (Å²) >= 11 is 0. The van der Waals surface area contributed by atoms with E-state index in [0.717, 1.165) is 5.56 Å². The van der Waals surface area contributed by atoms with Crippen LogP contribution in [0.2, 0.25) is 0 Å². The van der Waals surface area contributed by atoms with E-state index in [1.165, 1.54) is 0 Å². The minimum absolute atomic E-state index is 0. The Kier molecular flexibility index (Phi) is 7.14. The Balaban J connectivity index is 0.00000256. The molecule has 0 spiro atoms. The van der Waals surface area contributed by atoms with Crippen molar-refractivity contribution in [2.45, 2.75) is 38.8 Å².